The monoisotopic (exact) mass is 654 g/mol. The third-order valence-electron chi connectivity index (χ3n) is 6.04. The summed E-state index contributed by atoms with van der Waals surface area (Å²) in [5.41, 5.74) is 8.17. The van der Waals surface area contributed by atoms with E-state index in [0.29, 0.717) is 26.9 Å². The Kier molecular flexibility index (Phi) is 9.67. The molecule has 0 fully saturated rings. The fraction of sp³-hybridized carbons (Fsp3) is 0.0645. The van der Waals surface area contributed by atoms with Gasteiger partial charge >= 0.3 is 0 Å². The first-order valence-corrected chi connectivity index (χ1v) is 14.9. The molecule has 11 heteroatoms. The van der Waals surface area contributed by atoms with Gasteiger partial charge in [-0.2, -0.15) is 5.10 Å². The first-order chi connectivity index (χ1) is 20.2. The van der Waals surface area contributed by atoms with E-state index in [-0.39, 0.29) is 22.6 Å². The van der Waals surface area contributed by atoms with Gasteiger partial charge in [0.2, 0.25) is 0 Å². The molecule has 0 bridgehead atoms. The van der Waals surface area contributed by atoms with Crippen LogP contribution in [0.2, 0.25) is 20.1 Å². The van der Waals surface area contributed by atoms with Gasteiger partial charge in [0, 0.05) is 37.8 Å². The zero-order valence-electron chi connectivity index (χ0n) is 22.0. The van der Waals surface area contributed by atoms with Crippen molar-refractivity contribution in [1.29, 1.82) is 0 Å². The molecular formula is C31H22Cl4N4O2S. The molecular weight excluding hydrogens is 634 g/mol. The molecule has 0 radical (unpaired) electrons. The Bertz CT molecular complexity index is 1730. The van der Waals surface area contributed by atoms with Gasteiger partial charge in [-0.3, -0.25) is 4.79 Å². The van der Waals surface area contributed by atoms with Crippen molar-refractivity contribution < 1.29 is 9.53 Å². The van der Waals surface area contributed by atoms with E-state index in [1.54, 1.807) is 42.5 Å². The predicted molar refractivity (Wildman–Crippen MR) is 174 cm³/mol. The molecule has 2 N–H and O–H groups in total. The van der Waals surface area contributed by atoms with Gasteiger partial charge in [-0.25, -0.2) is 10.4 Å². The minimum atomic E-state index is -0.366. The van der Waals surface area contributed by atoms with E-state index in [1.165, 1.54) is 23.1 Å². The van der Waals surface area contributed by atoms with Crippen LogP contribution in [0.4, 0.5) is 10.8 Å². The summed E-state index contributed by atoms with van der Waals surface area (Å²) in [6.45, 7) is 2.21. The molecule has 0 aliphatic rings. The van der Waals surface area contributed by atoms with Crippen molar-refractivity contribution >= 4 is 80.7 Å². The number of hydrogen-bond acceptors (Lipinski definition) is 6. The maximum atomic E-state index is 12.6. The molecule has 5 aromatic rings. The highest BCUT2D eigenvalue weighted by Crippen LogP contribution is 2.35. The number of hydrogen-bond donors (Lipinski definition) is 2. The maximum Gasteiger partial charge on any atom is 0.271 e. The smallest absolute Gasteiger partial charge is 0.271 e. The Balaban J connectivity index is 1.17. The van der Waals surface area contributed by atoms with Gasteiger partial charge in [-0.15, -0.1) is 11.3 Å². The van der Waals surface area contributed by atoms with Gasteiger partial charge in [-0.05, 0) is 61.0 Å². The van der Waals surface area contributed by atoms with Gasteiger partial charge in [-0.1, -0.05) is 82.3 Å². The Morgan fingerprint density at radius 1 is 0.929 bits per heavy atom. The molecule has 0 saturated heterocycles. The Hall–Kier alpha value is -3.59. The highest BCUT2D eigenvalue weighted by molar-refractivity contribution is 7.14. The van der Waals surface area contributed by atoms with E-state index >= 15 is 0 Å². The van der Waals surface area contributed by atoms with Crippen LogP contribution in [0.25, 0.3) is 11.3 Å². The maximum absolute atomic E-state index is 12.6. The molecule has 0 atom stereocenters. The lowest BCUT2D eigenvalue weighted by atomic mass is 10.1. The molecule has 42 heavy (non-hydrogen) atoms. The van der Waals surface area contributed by atoms with Crippen molar-refractivity contribution in [3.63, 3.8) is 0 Å². The number of nitrogens with zero attached hydrogens (tertiary/aromatic N) is 2. The summed E-state index contributed by atoms with van der Waals surface area (Å²) in [7, 11) is 0. The Labute approximate surface area is 266 Å². The van der Waals surface area contributed by atoms with Crippen LogP contribution in [0, 0.1) is 6.92 Å². The molecule has 0 spiro atoms. The number of aromatic nitrogens is 1. The van der Waals surface area contributed by atoms with Crippen LogP contribution in [-0.2, 0) is 6.61 Å². The van der Waals surface area contributed by atoms with E-state index in [9.17, 15) is 4.79 Å². The summed E-state index contributed by atoms with van der Waals surface area (Å²) in [5, 5.41) is 11.7. The van der Waals surface area contributed by atoms with Crippen LogP contribution in [0.3, 0.4) is 0 Å². The van der Waals surface area contributed by atoms with E-state index in [0.717, 1.165) is 27.6 Å². The zero-order valence-corrected chi connectivity index (χ0v) is 25.8. The lowest BCUT2D eigenvalue weighted by Crippen LogP contribution is -2.17. The number of aryl methyl sites for hydroxylation is 1. The number of hydrazone groups is 1. The van der Waals surface area contributed by atoms with Crippen LogP contribution in [0.1, 0.15) is 27.0 Å². The topological polar surface area (TPSA) is 75.6 Å². The summed E-state index contributed by atoms with van der Waals surface area (Å²) < 4.78 is 5.79. The molecule has 0 unspecified atom stereocenters. The number of halogens is 4. The standard InChI is InChI=1S/C31H22Cl4N4O2S/c1-18-2-10-24(11-3-18)37-31-38-28(17-42-31)20-4-6-21(7-5-20)30(40)39-36-15-19-12-26(34)29(27(35)13-19)41-16-22-8-9-23(32)14-25(22)33/h2-15,17H,16H2,1H3,(H,37,38)(H,39,40)/b36-15-. The number of thiazole rings is 1. The molecule has 0 saturated carbocycles. The second kappa shape index (κ2) is 13.6. The van der Waals surface area contributed by atoms with Crippen molar-refractivity contribution in [1.82, 2.24) is 10.4 Å². The lowest BCUT2D eigenvalue weighted by molar-refractivity contribution is 0.0955. The quantitative estimate of drug-likeness (QED) is 0.122. The number of carbonyl (C=O) groups is 1. The predicted octanol–water partition coefficient (Wildman–Crippen LogP) is 9.82. The van der Waals surface area contributed by atoms with Crippen molar-refractivity contribution in [3.05, 3.63) is 127 Å². The number of anilines is 2. The van der Waals surface area contributed by atoms with Gasteiger partial charge in [0.15, 0.2) is 10.9 Å². The second-order valence-corrected chi connectivity index (χ2v) is 11.7. The summed E-state index contributed by atoms with van der Waals surface area (Å²) >= 11 is 26.4. The Morgan fingerprint density at radius 2 is 1.64 bits per heavy atom. The van der Waals surface area contributed by atoms with Crippen LogP contribution < -0.4 is 15.5 Å². The molecule has 0 aliphatic heterocycles. The molecule has 1 aromatic heterocycles. The average Bonchev–Trinajstić information content (AvgIpc) is 3.43. The van der Waals surface area contributed by atoms with E-state index in [4.69, 9.17) is 51.1 Å². The number of rotatable bonds is 9. The third kappa shape index (κ3) is 7.62. The second-order valence-electron chi connectivity index (χ2n) is 9.14. The molecule has 1 heterocycles. The van der Waals surface area contributed by atoms with E-state index in [1.807, 2.05) is 48.7 Å². The number of ether oxygens (including phenoxy) is 1. The fourth-order valence-electron chi connectivity index (χ4n) is 3.83. The van der Waals surface area contributed by atoms with Crippen molar-refractivity contribution in [2.45, 2.75) is 13.5 Å². The number of carbonyl (C=O) groups excluding carboxylic acids is 1. The first kappa shape index (κ1) is 29.9. The van der Waals surface area contributed by atoms with Crippen LogP contribution in [0.5, 0.6) is 5.75 Å². The first-order valence-electron chi connectivity index (χ1n) is 12.5. The molecule has 5 rings (SSSR count). The van der Waals surface area contributed by atoms with Crippen molar-refractivity contribution in [3.8, 4) is 17.0 Å². The van der Waals surface area contributed by atoms with Crippen LogP contribution in [-0.4, -0.2) is 17.1 Å². The number of benzene rings is 4. The van der Waals surface area contributed by atoms with Gasteiger partial charge < -0.3 is 10.1 Å². The largest absolute Gasteiger partial charge is 0.486 e. The number of amides is 1. The summed E-state index contributed by atoms with van der Waals surface area (Å²) in [6.07, 6.45) is 1.45. The molecule has 4 aromatic carbocycles. The van der Waals surface area contributed by atoms with Gasteiger partial charge in [0.25, 0.3) is 5.91 Å². The number of nitrogens with one attached hydrogen (secondary N) is 2. The zero-order chi connectivity index (χ0) is 29.6. The van der Waals surface area contributed by atoms with Crippen LogP contribution >= 0.6 is 57.7 Å². The summed E-state index contributed by atoms with van der Waals surface area (Å²) in [6, 6.07) is 23.6. The minimum absolute atomic E-state index is 0.158. The highest BCUT2D eigenvalue weighted by atomic mass is 35.5. The van der Waals surface area contributed by atoms with E-state index < -0.39 is 0 Å². The van der Waals surface area contributed by atoms with Gasteiger partial charge in [0.1, 0.15) is 6.61 Å². The molecule has 6 nitrogen and oxygen atoms in total. The highest BCUT2D eigenvalue weighted by Gasteiger charge is 2.12. The normalized spacial score (nSPS) is 11.1. The minimum Gasteiger partial charge on any atom is -0.486 e. The van der Waals surface area contributed by atoms with Crippen molar-refractivity contribution in [2.75, 3.05) is 5.32 Å². The molecule has 0 aliphatic carbocycles. The lowest BCUT2D eigenvalue weighted by Gasteiger charge is -2.12. The average molecular weight is 656 g/mol. The fourth-order valence-corrected chi connectivity index (χ4v) is 5.64. The Morgan fingerprint density at radius 3 is 2.33 bits per heavy atom. The third-order valence-corrected chi connectivity index (χ3v) is 7.94. The van der Waals surface area contributed by atoms with Crippen LogP contribution in [0.15, 0.2) is 89.3 Å². The summed E-state index contributed by atoms with van der Waals surface area (Å²) in [4.78, 5) is 17.3. The van der Waals surface area contributed by atoms with Crippen molar-refractivity contribution in [2.24, 2.45) is 5.10 Å². The molecule has 1 amide bonds. The molecule has 212 valence electrons. The SMILES string of the molecule is Cc1ccc(Nc2nc(-c3ccc(C(=O)N/N=C\c4cc(Cl)c(OCc5ccc(Cl)cc5Cl)c(Cl)c4)cc3)cs2)cc1. The van der Waals surface area contributed by atoms with Gasteiger partial charge in [0.05, 0.1) is 22.0 Å². The van der Waals surface area contributed by atoms with E-state index in [2.05, 4.69) is 20.8 Å². The summed E-state index contributed by atoms with van der Waals surface area (Å²) in [5.74, 6) is -0.0569.